The Labute approximate surface area is 172 Å². The number of anilines is 1. The molecule has 1 heterocycles. The molecule has 154 valence electrons. The van der Waals surface area contributed by atoms with Gasteiger partial charge in [-0.1, -0.05) is 42.5 Å². The molecule has 29 heavy (non-hydrogen) atoms. The number of nitrogens with one attached hydrogen (secondary N) is 2. The number of rotatable bonds is 8. The molecule has 1 atom stereocenters. The van der Waals surface area contributed by atoms with Gasteiger partial charge in [0, 0.05) is 38.2 Å². The van der Waals surface area contributed by atoms with Crippen LogP contribution >= 0.6 is 0 Å². The highest BCUT2D eigenvalue weighted by Gasteiger charge is 2.21. The van der Waals surface area contributed by atoms with Crippen molar-refractivity contribution in [2.75, 3.05) is 24.5 Å². The zero-order valence-electron chi connectivity index (χ0n) is 17.0. The molecule has 1 unspecified atom stereocenters. The van der Waals surface area contributed by atoms with Gasteiger partial charge in [0.15, 0.2) is 5.96 Å². The highest BCUT2D eigenvalue weighted by atomic mass is 16.3. The van der Waals surface area contributed by atoms with Gasteiger partial charge in [-0.25, -0.2) is 4.99 Å². The summed E-state index contributed by atoms with van der Waals surface area (Å²) in [5.74, 6) is 0.877. The first-order chi connectivity index (χ1) is 14.2. The van der Waals surface area contributed by atoms with Crippen LogP contribution in [0, 0.1) is 0 Å². The molecule has 2 aromatic rings. The maximum Gasteiger partial charge on any atom is 0.227 e. The van der Waals surface area contributed by atoms with E-state index < -0.39 is 6.10 Å². The zero-order chi connectivity index (χ0) is 20.5. The summed E-state index contributed by atoms with van der Waals surface area (Å²) in [6.45, 7) is 4.52. The Kier molecular flexibility index (Phi) is 7.64. The molecule has 6 heteroatoms. The van der Waals surface area contributed by atoms with Crippen molar-refractivity contribution in [3.63, 3.8) is 0 Å². The number of benzene rings is 2. The maximum atomic E-state index is 11.9. The van der Waals surface area contributed by atoms with Crippen LogP contribution in [0.2, 0.25) is 0 Å². The number of hydrogen-bond acceptors (Lipinski definition) is 3. The average molecular weight is 395 g/mol. The van der Waals surface area contributed by atoms with E-state index in [1.165, 1.54) is 0 Å². The lowest BCUT2D eigenvalue weighted by Gasteiger charge is -2.16. The number of nitrogens with zero attached hydrogens (tertiary/aromatic N) is 2. The number of carbonyl (C=O) groups is 1. The Hall–Kier alpha value is -2.86. The summed E-state index contributed by atoms with van der Waals surface area (Å²) < 4.78 is 0. The molecule has 0 saturated carbocycles. The number of aliphatic hydroxyl groups excluding tert-OH is 1. The Balaban J connectivity index is 1.52. The van der Waals surface area contributed by atoms with Gasteiger partial charge >= 0.3 is 0 Å². The van der Waals surface area contributed by atoms with Gasteiger partial charge in [0.2, 0.25) is 5.91 Å². The number of guanidine groups is 1. The molecule has 0 radical (unpaired) electrons. The van der Waals surface area contributed by atoms with Crippen LogP contribution in [0.3, 0.4) is 0 Å². The second-order valence-corrected chi connectivity index (χ2v) is 7.23. The third-order valence-corrected chi connectivity index (χ3v) is 4.90. The Morgan fingerprint density at radius 1 is 1.10 bits per heavy atom. The molecule has 1 amide bonds. The molecule has 3 N–H and O–H groups in total. The van der Waals surface area contributed by atoms with E-state index >= 15 is 0 Å². The third-order valence-electron chi connectivity index (χ3n) is 4.90. The topological polar surface area (TPSA) is 77.0 Å². The Morgan fingerprint density at radius 2 is 1.86 bits per heavy atom. The number of aliphatic imine (C=N–C) groups is 1. The van der Waals surface area contributed by atoms with Gasteiger partial charge in [-0.15, -0.1) is 0 Å². The first kappa shape index (κ1) is 20.9. The predicted molar refractivity (Wildman–Crippen MR) is 117 cm³/mol. The van der Waals surface area contributed by atoms with Crippen molar-refractivity contribution in [2.24, 2.45) is 4.99 Å². The van der Waals surface area contributed by atoms with Crippen molar-refractivity contribution < 1.29 is 9.90 Å². The van der Waals surface area contributed by atoms with Crippen molar-refractivity contribution in [1.82, 2.24) is 10.6 Å². The smallest absolute Gasteiger partial charge is 0.227 e. The van der Waals surface area contributed by atoms with Gasteiger partial charge in [0.25, 0.3) is 0 Å². The minimum absolute atomic E-state index is 0.198. The lowest BCUT2D eigenvalue weighted by molar-refractivity contribution is -0.117. The van der Waals surface area contributed by atoms with Crippen molar-refractivity contribution in [3.05, 3.63) is 65.7 Å². The summed E-state index contributed by atoms with van der Waals surface area (Å²) in [7, 11) is 0. The van der Waals surface area contributed by atoms with E-state index in [1.807, 2.05) is 66.4 Å². The van der Waals surface area contributed by atoms with Crippen LogP contribution in [0.15, 0.2) is 59.6 Å². The predicted octanol–water partition coefficient (Wildman–Crippen LogP) is 2.47. The van der Waals surface area contributed by atoms with E-state index in [4.69, 9.17) is 0 Å². The molecule has 6 nitrogen and oxygen atoms in total. The molecular formula is C23H30N4O2. The summed E-state index contributed by atoms with van der Waals surface area (Å²) in [6, 6.07) is 18.0. The first-order valence-electron chi connectivity index (χ1n) is 10.3. The Morgan fingerprint density at radius 3 is 2.52 bits per heavy atom. The van der Waals surface area contributed by atoms with E-state index in [1.54, 1.807) is 0 Å². The molecule has 1 aliphatic rings. The molecular weight excluding hydrogens is 364 g/mol. The van der Waals surface area contributed by atoms with Gasteiger partial charge in [0.1, 0.15) is 0 Å². The van der Waals surface area contributed by atoms with E-state index in [0.29, 0.717) is 31.9 Å². The van der Waals surface area contributed by atoms with Crippen LogP contribution in [-0.4, -0.2) is 42.7 Å². The third kappa shape index (κ3) is 6.32. The summed E-state index contributed by atoms with van der Waals surface area (Å²) in [6.07, 6.45) is 1.68. The molecule has 1 aliphatic heterocycles. The van der Waals surface area contributed by atoms with Gasteiger partial charge in [-0.2, -0.15) is 0 Å². The SMILES string of the molecule is CCNC(=NCc1ccc(N2CCCC2=O)cc1)NCC(O)Cc1ccccc1. The molecule has 1 fully saturated rings. The van der Waals surface area contributed by atoms with Crippen LogP contribution in [0.5, 0.6) is 0 Å². The lowest BCUT2D eigenvalue weighted by atomic mass is 10.1. The second kappa shape index (κ2) is 10.6. The quantitative estimate of drug-likeness (QED) is 0.475. The van der Waals surface area contributed by atoms with Gasteiger partial charge in [-0.3, -0.25) is 4.79 Å². The minimum atomic E-state index is -0.487. The molecule has 3 rings (SSSR count). The van der Waals surface area contributed by atoms with Crippen LogP contribution in [0.1, 0.15) is 30.9 Å². The molecule has 1 saturated heterocycles. The average Bonchev–Trinajstić information content (AvgIpc) is 3.17. The monoisotopic (exact) mass is 394 g/mol. The molecule has 0 bridgehead atoms. The van der Waals surface area contributed by atoms with Crippen LogP contribution in [-0.2, 0) is 17.8 Å². The van der Waals surface area contributed by atoms with Gasteiger partial charge in [-0.05, 0) is 36.6 Å². The van der Waals surface area contributed by atoms with E-state index in [0.717, 1.165) is 36.3 Å². The van der Waals surface area contributed by atoms with Crippen molar-refractivity contribution >= 4 is 17.6 Å². The largest absolute Gasteiger partial charge is 0.391 e. The molecule has 2 aromatic carbocycles. The first-order valence-corrected chi connectivity index (χ1v) is 10.3. The number of carbonyl (C=O) groups excluding carboxylic acids is 1. The van der Waals surface area contributed by atoms with E-state index in [-0.39, 0.29) is 5.91 Å². The summed E-state index contributed by atoms with van der Waals surface area (Å²) in [5.41, 5.74) is 3.14. The minimum Gasteiger partial charge on any atom is -0.391 e. The fourth-order valence-electron chi connectivity index (χ4n) is 3.39. The van der Waals surface area contributed by atoms with Crippen LogP contribution in [0.4, 0.5) is 5.69 Å². The lowest BCUT2D eigenvalue weighted by Crippen LogP contribution is -2.41. The number of aliphatic hydroxyl groups is 1. The standard InChI is InChI=1S/C23H30N4O2/c1-2-24-23(26-17-21(28)15-18-7-4-3-5-8-18)25-16-19-10-12-20(13-11-19)27-14-6-9-22(27)29/h3-5,7-8,10-13,21,28H,2,6,9,14-17H2,1H3,(H2,24,25,26). The molecule has 0 aromatic heterocycles. The normalized spacial score (nSPS) is 15.4. The van der Waals surface area contributed by atoms with E-state index in [9.17, 15) is 9.90 Å². The maximum absolute atomic E-state index is 11.9. The van der Waals surface area contributed by atoms with Crippen LogP contribution in [0.25, 0.3) is 0 Å². The fraction of sp³-hybridized carbons (Fsp3) is 0.391. The fourth-order valence-corrected chi connectivity index (χ4v) is 3.39. The van der Waals surface area contributed by atoms with Gasteiger partial charge in [0.05, 0.1) is 12.6 Å². The van der Waals surface area contributed by atoms with Crippen molar-refractivity contribution in [1.29, 1.82) is 0 Å². The van der Waals surface area contributed by atoms with Gasteiger partial charge < -0.3 is 20.6 Å². The highest BCUT2D eigenvalue weighted by molar-refractivity contribution is 5.95. The number of hydrogen-bond donors (Lipinski definition) is 3. The highest BCUT2D eigenvalue weighted by Crippen LogP contribution is 2.21. The summed E-state index contributed by atoms with van der Waals surface area (Å²) in [4.78, 5) is 18.3. The number of amides is 1. The summed E-state index contributed by atoms with van der Waals surface area (Å²) >= 11 is 0. The zero-order valence-corrected chi connectivity index (χ0v) is 17.0. The van der Waals surface area contributed by atoms with Crippen LogP contribution < -0.4 is 15.5 Å². The summed E-state index contributed by atoms with van der Waals surface area (Å²) in [5, 5.41) is 16.7. The van der Waals surface area contributed by atoms with Crippen molar-refractivity contribution in [3.8, 4) is 0 Å². The second-order valence-electron chi connectivity index (χ2n) is 7.23. The molecule has 0 spiro atoms. The Bertz CT molecular complexity index is 805. The molecule has 0 aliphatic carbocycles. The van der Waals surface area contributed by atoms with Crippen molar-refractivity contribution in [2.45, 2.75) is 38.8 Å². The van der Waals surface area contributed by atoms with E-state index in [2.05, 4.69) is 15.6 Å².